The molecule has 120 valence electrons. The number of guanidine groups is 1. The molecule has 0 aliphatic carbocycles. The summed E-state index contributed by atoms with van der Waals surface area (Å²) in [6.45, 7) is 8.46. The number of amides is 1. The van der Waals surface area contributed by atoms with Gasteiger partial charge in [-0.1, -0.05) is 6.92 Å². The van der Waals surface area contributed by atoms with Crippen molar-refractivity contribution in [2.75, 3.05) is 19.6 Å². The van der Waals surface area contributed by atoms with E-state index < -0.39 is 0 Å². The fourth-order valence-electron chi connectivity index (χ4n) is 1.62. The van der Waals surface area contributed by atoms with Crippen LogP contribution in [-0.4, -0.2) is 31.5 Å². The van der Waals surface area contributed by atoms with E-state index in [2.05, 4.69) is 40.0 Å². The van der Waals surface area contributed by atoms with Crippen LogP contribution in [0.1, 0.15) is 30.5 Å². The number of thiophene rings is 1. The lowest BCUT2D eigenvalue weighted by atomic mass is 10.4. The number of hydrogen-bond donors (Lipinski definition) is 3. The number of rotatable bonds is 7. The van der Waals surface area contributed by atoms with Crippen LogP contribution in [0.2, 0.25) is 0 Å². The first kappa shape index (κ1) is 20.2. The fourth-order valence-corrected chi connectivity index (χ4v) is 2.50. The van der Waals surface area contributed by atoms with Gasteiger partial charge < -0.3 is 16.0 Å². The van der Waals surface area contributed by atoms with Crippen LogP contribution in [-0.2, 0) is 17.8 Å². The average Bonchev–Trinajstić information content (AvgIpc) is 2.88. The molecule has 1 rings (SSSR count). The van der Waals surface area contributed by atoms with Crippen LogP contribution >= 0.6 is 35.3 Å². The number of carbonyl (C=O) groups excluding carboxylic acids is 1. The van der Waals surface area contributed by atoms with Gasteiger partial charge in [0, 0.05) is 36.3 Å². The van der Waals surface area contributed by atoms with Crippen molar-refractivity contribution in [3.8, 4) is 0 Å². The molecule has 1 heterocycles. The first-order valence-electron chi connectivity index (χ1n) is 6.99. The van der Waals surface area contributed by atoms with Crippen molar-refractivity contribution < 1.29 is 4.79 Å². The Morgan fingerprint density at radius 2 is 1.81 bits per heavy atom. The van der Waals surface area contributed by atoms with E-state index in [9.17, 15) is 4.79 Å². The molecule has 0 radical (unpaired) electrons. The molecule has 0 aliphatic heterocycles. The molecule has 21 heavy (non-hydrogen) atoms. The fraction of sp³-hybridized carbons (Fsp3) is 0.571. The molecule has 0 unspecified atom stereocenters. The maximum Gasteiger partial charge on any atom is 0.216 e. The predicted molar refractivity (Wildman–Crippen MR) is 101 cm³/mol. The molecule has 0 bridgehead atoms. The summed E-state index contributed by atoms with van der Waals surface area (Å²) < 4.78 is 0. The zero-order valence-corrected chi connectivity index (χ0v) is 16.0. The van der Waals surface area contributed by atoms with Gasteiger partial charge in [-0.15, -0.1) is 35.3 Å². The third-order valence-electron chi connectivity index (χ3n) is 2.59. The minimum atomic E-state index is -0.0144. The second-order valence-electron chi connectivity index (χ2n) is 4.33. The minimum absolute atomic E-state index is 0. The van der Waals surface area contributed by atoms with Crippen molar-refractivity contribution >= 4 is 47.2 Å². The van der Waals surface area contributed by atoms with Gasteiger partial charge in [0.2, 0.25) is 5.91 Å². The van der Waals surface area contributed by atoms with E-state index in [0.29, 0.717) is 19.6 Å². The van der Waals surface area contributed by atoms with Crippen LogP contribution in [0.3, 0.4) is 0 Å². The number of carbonyl (C=O) groups is 1. The van der Waals surface area contributed by atoms with E-state index in [1.807, 2.05) is 6.92 Å². The van der Waals surface area contributed by atoms with Gasteiger partial charge >= 0.3 is 0 Å². The summed E-state index contributed by atoms with van der Waals surface area (Å²) in [4.78, 5) is 18.0. The summed E-state index contributed by atoms with van der Waals surface area (Å²) in [5.74, 6) is 0.767. The average molecular weight is 424 g/mol. The number of aryl methyl sites for hydroxylation is 1. The molecule has 1 amide bonds. The molecule has 1 aromatic rings. The molecule has 0 saturated carbocycles. The maximum atomic E-state index is 10.8. The van der Waals surface area contributed by atoms with Crippen LogP contribution in [0, 0.1) is 0 Å². The van der Waals surface area contributed by atoms with Crippen molar-refractivity contribution in [3.05, 3.63) is 21.9 Å². The molecule has 0 atom stereocenters. The lowest BCUT2D eigenvalue weighted by Crippen LogP contribution is -2.41. The van der Waals surface area contributed by atoms with Crippen LogP contribution in [0.25, 0.3) is 0 Å². The van der Waals surface area contributed by atoms with Crippen molar-refractivity contribution in [1.82, 2.24) is 16.0 Å². The van der Waals surface area contributed by atoms with Gasteiger partial charge in [0.1, 0.15) is 0 Å². The number of hydrogen-bond acceptors (Lipinski definition) is 3. The Balaban J connectivity index is 0.00000400. The molecule has 0 aromatic carbocycles. The second kappa shape index (κ2) is 11.8. The van der Waals surface area contributed by atoms with Crippen LogP contribution in [0.4, 0.5) is 0 Å². The number of nitrogens with one attached hydrogen (secondary N) is 3. The summed E-state index contributed by atoms with van der Waals surface area (Å²) in [7, 11) is 0. The molecule has 0 fully saturated rings. The monoisotopic (exact) mass is 424 g/mol. The summed E-state index contributed by atoms with van der Waals surface area (Å²) >= 11 is 1.81. The highest BCUT2D eigenvalue weighted by Gasteiger charge is 2.00. The van der Waals surface area contributed by atoms with Crippen molar-refractivity contribution in [3.63, 3.8) is 0 Å². The molecule has 3 N–H and O–H groups in total. The summed E-state index contributed by atoms with van der Waals surface area (Å²) in [6, 6.07) is 4.29. The Hall–Kier alpha value is -0.830. The largest absolute Gasteiger partial charge is 0.357 e. The highest BCUT2D eigenvalue weighted by atomic mass is 127. The van der Waals surface area contributed by atoms with Gasteiger partial charge in [-0.2, -0.15) is 0 Å². The maximum absolute atomic E-state index is 10.8. The molecule has 1 aromatic heterocycles. The van der Waals surface area contributed by atoms with E-state index in [-0.39, 0.29) is 29.9 Å². The lowest BCUT2D eigenvalue weighted by Gasteiger charge is -2.11. The van der Waals surface area contributed by atoms with E-state index in [0.717, 1.165) is 18.9 Å². The molecule has 0 spiro atoms. The Kier molecular flexibility index (Phi) is 11.3. The third kappa shape index (κ3) is 8.92. The van der Waals surface area contributed by atoms with Crippen molar-refractivity contribution in [1.29, 1.82) is 0 Å². The van der Waals surface area contributed by atoms with Gasteiger partial charge in [0.15, 0.2) is 5.96 Å². The van der Waals surface area contributed by atoms with Gasteiger partial charge in [-0.3, -0.25) is 4.79 Å². The van der Waals surface area contributed by atoms with Gasteiger partial charge in [0.05, 0.1) is 6.54 Å². The first-order valence-corrected chi connectivity index (χ1v) is 7.81. The third-order valence-corrected chi connectivity index (χ3v) is 3.81. The van der Waals surface area contributed by atoms with E-state index >= 15 is 0 Å². The first-order chi connectivity index (χ1) is 9.65. The number of aliphatic imine (C=N–C) groups is 1. The number of halogens is 1. The molecular formula is C14H25IN4OS. The topological polar surface area (TPSA) is 65.5 Å². The smallest absolute Gasteiger partial charge is 0.216 e. The highest BCUT2D eigenvalue weighted by molar-refractivity contribution is 14.0. The molecular weight excluding hydrogens is 399 g/mol. The Bertz CT molecular complexity index is 448. The van der Waals surface area contributed by atoms with Crippen LogP contribution < -0.4 is 16.0 Å². The summed E-state index contributed by atoms with van der Waals surface area (Å²) in [6.07, 6.45) is 1.07. The number of nitrogens with zero attached hydrogens (tertiary/aromatic N) is 1. The van der Waals surface area contributed by atoms with E-state index in [1.165, 1.54) is 16.7 Å². The highest BCUT2D eigenvalue weighted by Crippen LogP contribution is 2.17. The van der Waals surface area contributed by atoms with Gasteiger partial charge in [-0.25, -0.2) is 4.99 Å². The molecule has 0 saturated heterocycles. The zero-order valence-electron chi connectivity index (χ0n) is 12.9. The summed E-state index contributed by atoms with van der Waals surface area (Å²) in [5, 5.41) is 9.13. The zero-order chi connectivity index (χ0) is 14.8. The van der Waals surface area contributed by atoms with Gasteiger partial charge in [0.25, 0.3) is 0 Å². The van der Waals surface area contributed by atoms with Gasteiger partial charge in [-0.05, 0) is 25.5 Å². The van der Waals surface area contributed by atoms with Crippen molar-refractivity contribution in [2.45, 2.75) is 33.7 Å². The standard InChI is InChI=1S/C14H24N4OS.HI/c1-4-12-6-7-13(20-12)10-18-14(15-5-2)17-9-8-16-11(3)19;/h6-7H,4-5,8-10H2,1-3H3,(H,16,19)(H2,15,17,18);1H. The van der Waals surface area contributed by atoms with Crippen LogP contribution in [0.5, 0.6) is 0 Å². The Morgan fingerprint density at radius 3 is 2.38 bits per heavy atom. The SMILES string of the molecule is CCNC(=NCc1ccc(CC)s1)NCCNC(C)=O.I. The lowest BCUT2D eigenvalue weighted by molar-refractivity contribution is -0.118. The minimum Gasteiger partial charge on any atom is -0.357 e. The Labute approximate surface area is 148 Å². The molecule has 0 aliphatic rings. The summed E-state index contributed by atoms with van der Waals surface area (Å²) in [5.41, 5.74) is 0. The Morgan fingerprint density at radius 1 is 1.14 bits per heavy atom. The van der Waals surface area contributed by atoms with Crippen molar-refractivity contribution in [2.24, 2.45) is 4.99 Å². The second-order valence-corrected chi connectivity index (χ2v) is 5.58. The molecule has 5 nitrogen and oxygen atoms in total. The van der Waals surface area contributed by atoms with E-state index in [1.54, 1.807) is 11.3 Å². The predicted octanol–water partition coefficient (Wildman–Crippen LogP) is 2.12. The quantitative estimate of drug-likeness (QED) is 0.272. The van der Waals surface area contributed by atoms with Crippen LogP contribution in [0.15, 0.2) is 17.1 Å². The normalized spacial score (nSPS) is 10.7. The van der Waals surface area contributed by atoms with E-state index in [4.69, 9.17) is 0 Å². The molecule has 7 heteroatoms.